The molecule has 0 N–H and O–H groups in total. The molecule has 1 heterocycles. The molecule has 0 aliphatic heterocycles. The molecule has 1 aromatic heterocycles. The van der Waals surface area contributed by atoms with Crippen molar-refractivity contribution in [1.29, 1.82) is 0 Å². The molecule has 25 heavy (non-hydrogen) atoms. The maximum atomic E-state index is 13.5. The Morgan fingerprint density at radius 3 is 2.08 bits per heavy atom. The number of aryl methyl sites for hydroxylation is 2. The summed E-state index contributed by atoms with van der Waals surface area (Å²) in [7, 11) is 0. The summed E-state index contributed by atoms with van der Waals surface area (Å²) in [5.74, 6) is 0. The van der Waals surface area contributed by atoms with Crippen LogP contribution in [0.25, 0.3) is 22.2 Å². The zero-order chi connectivity index (χ0) is 18.4. The van der Waals surface area contributed by atoms with Crippen LogP contribution < -0.4 is 0 Å². The smallest absolute Gasteiger partial charge is 0.248 e. The van der Waals surface area contributed by atoms with Crippen molar-refractivity contribution in [2.24, 2.45) is 0 Å². The Kier molecular flexibility index (Phi) is 4.10. The maximum Gasteiger partial charge on any atom is 0.397 e. The second-order valence-electron chi connectivity index (χ2n) is 7.07. The molecule has 1 nitrogen and oxygen atoms in total. The molecule has 0 atom stereocenters. The molecule has 0 saturated carbocycles. The first-order valence-electron chi connectivity index (χ1n) is 8.15. The van der Waals surface area contributed by atoms with E-state index in [9.17, 15) is 13.2 Å². The molecule has 2 aromatic carbocycles. The van der Waals surface area contributed by atoms with Crippen LogP contribution in [0.2, 0.25) is 0 Å². The molecule has 0 bridgehead atoms. The van der Waals surface area contributed by atoms with Crippen LogP contribution in [0, 0.1) is 13.8 Å². The lowest BCUT2D eigenvalue weighted by Crippen LogP contribution is -2.36. The van der Waals surface area contributed by atoms with E-state index in [1.807, 2.05) is 26.0 Å². The van der Waals surface area contributed by atoms with Gasteiger partial charge in [0.25, 0.3) is 0 Å². The minimum Gasteiger partial charge on any atom is -0.248 e. The topological polar surface area (TPSA) is 12.9 Å². The Hall–Kier alpha value is -2.36. The monoisotopic (exact) mass is 343 g/mol. The fraction of sp³-hybridized carbons (Fsp3) is 0.286. The predicted molar refractivity (Wildman–Crippen MR) is 95.7 cm³/mol. The van der Waals surface area contributed by atoms with Crippen LogP contribution in [0.5, 0.6) is 0 Å². The fourth-order valence-electron chi connectivity index (χ4n) is 3.14. The molecule has 0 fully saturated rings. The number of pyridine rings is 1. The van der Waals surface area contributed by atoms with Gasteiger partial charge in [0.2, 0.25) is 0 Å². The van der Waals surface area contributed by atoms with E-state index in [0.29, 0.717) is 10.9 Å². The SMILES string of the molecule is Cc1cc(C)cc(-c2ccc3c(C(C)(C)C(F)(F)F)cccc3n2)c1. The first-order chi connectivity index (χ1) is 11.6. The van der Waals surface area contributed by atoms with Crippen molar-refractivity contribution in [3.05, 3.63) is 65.2 Å². The van der Waals surface area contributed by atoms with Gasteiger partial charge in [-0.05, 0) is 57.5 Å². The first-order valence-corrected chi connectivity index (χ1v) is 8.15. The number of alkyl halides is 3. The standard InChI is InChI=1S/C21H20F3N/c1-13-10-14(2)12-15(11-13)18-9-8-16-17(6-5-7-19(16)25-18)20(3,4)21(22,23)24/h5-12H,1-4H3. The fourth-order valence-corrected chi connectivity index (χ4v) is 3.14. The molecular weight excluding hydrogens is 323 g/mol. The zero-order valence-corrected chi connectivity index (χ0v) is 14.7. The summed E-state index contributed by atoms with van der Waals surface area (Å²) in [4.78, 5) is 4.62. The molecule has 0 unspecified atom stereocenters. The van der Waals surface area contributed by atoms with E-state index in [0.717, 1.165) is 22.4 Å². The van der Waals surface area contributed by atoms with E-state index in [1.165, 1.54) is 19.9 Å². The minimum atomic E-state index is -4.33. The number of fused-ring (bicyclic) bond motifs is 1. The Balaban J connectivity index is 2.18. The summed E-state index contributed by atoms with van der Waals surface area (Å²) in [6.45, 7) is 6.45. The average molecular weight is 343 g/mol. The van der Waals surface area contributed by atoms with Gasteiger partial charge in [-0.15, -0.1) is 0 Å². The lowest BCUT2D eigenvalue weighted by molar-refractivity contribution is -0.179. The van der Waals surface area contributed by atoms with Gasteiger partial charge in [0, 0.05) is 10.9 Å². The molecule has 0 amide bonds. The van der Waals surface area contributed by atoms with Crippen LogP contribution in [0.15, 0.2) is 48.5 Å². The van der Waals surface area contributed by atoms with Gasteiger partial charge in [0.05, 0.1) is 16.6 Å². The van der Waals surface area contributed by atoms with Gasteiger partial charge in [0.1, 0.15) is 0 Å². The summed E-state index contributed by atoms with van der Waals surface area (Å²) in [5.41, 5.74) is 2.88. The molecule has 3 aromatic rings. The predicted octanol–water partition coefficient (Wildman–Crippen LogP) is 6.36. The van der Waals surface area contributed by atoms with Gasteiger partial charge in [-0.1, -0.05) is 35.4 Å². The number of hydrogen-bond acceptors (Lipinski definition) is 1. The van der Waals surface area contributed by atoms with E-state index in [4.69, 9.17) is 0 Å². The van der Waals surface area contributed by atoms with Crippen molar-refractivity contribution in [2.45, 2.75) is 39.3 Å². The van der Waals surface area contributed by atoms with Crippen molar-refractivity contribution in [3.8, 4) is 11.3 Å². The van der Waals surface area contributed by atoms with Gasteiger partial charge in [0.15, 0.2) is 0 Å². The lowest BCUT2D eigenvalue weighted by atomic mass is 9.81. The van der Waals surface area contributed by atoms with Gasteiger partial charge < -0.3 is 0 Å². The summed E-state index contributed by atoms with van der Waals surface area (Å²) in [6, 6.07) is 14.6. The Labute approximate surface area is 145 Å². The third-order valence-electron chi connectivity index (χ3n) is 4.63. The normalized spacial score (nSPS) is 12.6. The third kappa shape index (κ3) is 3.13. The zero-order valence-electron chi connectivity index (χ0n) is 14.7. The molecule has 0 aliphatic rings. The molecule has 0 saturated heterocycles. The van der Waals surface area contributed by atoms with Gasteiger partial charge in [-0.2, -0.15) is 13.2 Å². The molecule has 130 valence electrons. The van der Waals surface area contributed by atoms with Gasteiger partial charge in [-0.25, -0.2) is 4.98 Å². The molecule has 3 rings (SSSR count). The molecule has 4 heteroatoms. The molecule has 0 spiro atoms. The van der Waals surface area contributed by atoms with Crippen LogP contribution in [0.3, 0.4) is 0 Å². The van der Waals surface area contributed by atoms with Crippen LogP contribution in [-0.4, -0.2) is 11.2 Å². The van der Waals surface area contributed by atoms with E-state index in [1.54, 1.807) is 24.3 Å². The van der Waals surface area contributed by atoms with Gasteiger partial charge in [-0.3, -0.25) is 0 Å². The van der Waals surface area contributed by atoms with E-state index < -0.39 is 11.6 Å². The number of nitrogens with zero attached hydrogens (tertiary/aromatic N) is 1. The van der Waals surface area contributed by atoms with Crippen molar-refractivity contribution in [2.75, 3.05) is 0 Å². The number of benzene rings is 2. The number of hydrogen-bond donors (Lipinski definition) is 0. The summed E-state index contributed by atoms with van der Waals surface area (Å²) < 4.78 is 40.4. The van der Waals surface area contributed by atoms with Crippen LogP contribution >= 0.6 is 0 Å². The number of halogens is 3. The minimum absolute atomic E-state index is 0.247. The van der Waals surface area contributed by atoms with Crippen LogP contribution in [-0.2, 0) is 5.41 Å². The van der Waals surface area contributed by atoms with E-state index in [-0.39, 0.29) is 5.56 Å². The Bertz CT molecular complexity index is 919. The van der Waals surface area contributed by atoms with Crippen molar-refractivity contribution >= 4 is 10.9 Å². The maximum absolute atomic E-state index is 13.5. The molecule has 0 aliphatic carbocycles. The number of aromatic nitrogens is 1. The van der Waals surface area contributed by atoms with Crippen LogP contribution in [0.4, 0.5) is 13.2 Å². The second-order valence-corrected chi connectivity index (χ2v) is 7.07. The van der Waals surface area contributed by atoms with E-state index in [2.05, 4.69) is 11.1 Å². The summed E-state index contributed by atoms with van der Waals surface area (Å²) >= 11 is 0. The van der Waals surface area contributed by atoms with Crippen molar-refractivity contribution < 1.29 is 13.2 Å². The second kappa shape index (κ2) is 5.87. The van der Waals surface area contributed by atoms with Crippen LogP contribution in [0.1, 0.15) is 30.5 Å². The molecule has 0 radical (unpaired) electrons. The average Bonchev–Trinajstić information content (AvgIpc) is 2.51. The largest absolute Gasteiger partial charge is 0.397 e. The highest BCUT2D eigenvalue weighted by Gasteiger charge is 2.49. The third-order valence-corrected chi connectivity index (χ3v) is 4.63. The lowest BCUT2D eigenvalue weighted by Gasteiger charge is -2.29. The Morgan fingerprint density at radius 2 is 1.48 bits per heavy atom. The summed E-state index contributed by atoms with van der Waals surface area (Å²) in [5, 5.41) is 0.540. The Morgan fingerprint density at radius 1 is 0.840 bits per heavy atom. The summed E-state index contributed by atoms with van der Waals surface area (Å²) in [6.07, 6.45) is -4.33. The van der Waals surface area contributed by atoms with E-state index >= 15 is 0 Å². The van der Waals surface area contributed by atoms with Gasteiger partial charge >= 0.3 is 6.18 Å². The molecular formula is C21H20F3N. The first kappa shape index (κ1) is 17.5. The van der Waals surface area contributed by atoms with Crippen molar-refractivity contribution in [1.82, 2.24) is 4.98 Å². The highest BCUT2D eigenvalue weighted by atomic mass is 19.4. The quantitative estimate of drug-likeness (QED) is 0.528. The number of rotatable bonds is 2. The highest BCUT2D eigenvalue weighted by Crippen LogP contribution is 2.43. The van der Waals surface area contributed by atoms with Crippen molar-refractivity contribution in [3.63, 3.8) is 0 Å². The highest BCUT2D eigenvalue weighted by molar-refractivity contribution is 5.85.